The number of esters is 1. The van der Waals surface area contributed by atoms with Gasteiger partial charge in [0.2, 0.25) is 0 Å². The van der Waals surface area contributed by atoms with Gasteiger partial charge in [0.15, 0.2) is 0 Å². The van der Waals surface area contributed by atoms with E-state index in [-0.39, 0.29) is 5.97 Å². The van der Waals surface area contributed by atoms with Gasteiger partial charge in [0.25, 0.3) is 0 Å². The van der Waals surface area contributed by atoms with E-state index in [1.54, 1.807) is 6.08 Å². The van der Waals surface area contributed by atoms with Crippen LogP contribution in [0.4, 0.5) is 0 Å². The van der Waals surface area contributed by atoms with Crippen LogP contribution in [0.3, 0.4) is 0 Å². The van der Waals surface area contributed by atoms with Crippen LogP contribution in [-0.2, 0) is 9.53 Å². The predicted octanol–water partition coefficient (Wildman–Crippen LogP) is 1.69. The molecule has 2 nitrogen and oxygen atoms in total. The van der Waals surface area contributed by atoms with Gasteiger partial charge in [-0.2, -0.15) is 0 Å². The molecule has 0 aliphatic carbocycles. The molecule has 52 valence electrons. The Morgan fingerprint density at radius 1 is 1.78 bits per heavy atom. The first-order valence-electron chi connectivity index (χ1n) is 2.65. The number of ether oxygens (including phenoxy) is 1. The summed E-state index contributed by atoms with van der Waals surface area (Å²) < 4.78 is 4.47. The molecular formula is C6H9ClO2. The Balaban J connectivity index is 3.14. The number of carbonyl (C=O) groups is 1. The molecule has 0 aliphatic heterocycles. The number of hydrogen-bond donors (Lipinski definition) is 0. The van der Waals surface area contributed by atoms with E-state index in [4.69, 9.17) is 11.6 Å². The number of alkyl halides is 1. The first-order chi connectivity index (χ1) is 4.27. The standard InChI is InChI=1S/C6H9ClO2/c1-6(8)9-5-3-2-4-7/h3,5H,2,4H2,1H3/b5-3-. The lowest BCUT2D eigenvalue weighted by molar-refractivity contribution is -0.135. The molecule has 0 aliphatic rings. The van der Waals surface area contributed by atoms with Gasteiger partial charge in [0, 0.05) is 12.8 Å². The van der Waals surface area contributed by atoms with E-state index in [2.05, 4.69) is 4.74 Å². The lowest BCUT2D eigenvalue weighted by Gasteiger charge is -1.88. The van der Waals surface area contributed by atoms with Crippen molar-refractivity contribution < 1.29 is 9.53 Å². The Bertz CT molecular complexity index is 110. The van der Waals surface area contributed by atoms with Crippen LogP contribution in [0.1, 0.15) is 13.3 Å². The highest BCUT2D eigenvalue weighted by Crippen LogP contribution is 1.87. The molecule has 0 bridgehead atoms. The largest absolute Gasteiger partial charge is 0.435 e. The zero-order chi connectivity index (χ0) is 7.11. The van der Waals surface area contributed by atoms with Gasteiger partial charge in [-0.3, -0.25) is 4.79 Å². The number of rotatable bonds is 3. The molecule has 3 heteroatoms. The monoisotopic (exact) mass is 148 g/mol. The highest BCUT2D eigenvalue weighted by atomic mass is 35.5. The minimum absolute atomic E-state index is 0.305. The molecule has 0 unspecified atom stereocenters. The highest BCUT2D eigenvalue weighted by Gasteiger charge is 1.82. The second-order valence-electron chi connectivity index (χ2n) is 1.46. The third kappa shape index (κ3) is 7.50. The fraction of sp³-hybridized carbons (Fsp3) is 0.500. The van der Waals surface area contributed by atoms with Crippen LogP contribution in [-0.4, -0.2) is 11.8 Å². The van der Waals surface area contributed by atoms with Crippen LogP contribution in [0.15, 0.2) is 12.3 Å². The van der Waals surface area contributed by atoms with Crippen LogP contribution in [0.5, 0.6) is 0 Å². The van der Waals surface area contributed by atoms with E-state index >= 15 is 0 Å². The van der Waals surface area contributed by atoms with Gasteiger partial charge in [-0.15, -0.1) is 11.6 Å². The van der Waals surface area contributed by atoms with Crippen LogP contribution >= 0.6 is 11.6 Å². The first kappa shape index (κ1) is 8.50. The van der Waals surface area contributed by atoms with E-state index in [0.717, 1.165) is 6.42 Å². The fourth-order valence-corrected chi connectivity index (χ4v) is 0.401. The third-order valence-corrected chi connectivity index (χ3v) is 0.824. The normalized spacial score (nSPS) is 10.0. The summed E-state index contributed by atoms with van der Waals surface area (Å²) in [7, 11) is 0. The van der Waals surface area contributed by atoms with E-state index in [9.17, 15) is 4.79 Å². The molecule has 0 spiro atoms. The van der Waals surface area contributed by atoms with Crippen molar-refractivity contribution in [2.24, 2.45) is 0 Å². The van der Waals surface area contributed by atoms with Crippen LogP contribution < -0.4 is 0 Å². The smallest absolute Gasteiger partial charge is 0.307 e. The van der Waals surface area contributed by atoms with Crippen molar-refractivity contribution in [3.05, 3.63) is 12.3 Å². The van der Waals surface area contributed by atoms with Gasteiger partial charge in [0.05, 0.1) is 6.26 Å². The van der Waals surface area contributed by atoms with Crippen molar-refractivity contribution in [3.63, 3.8) is 0 Å². The number of carbonyl (C=O) groups excluding carboxylic acids is 1. The molecule has 0 saturated carbocycles. The summed E-state index contributed by atoms with van der Waals surface area (Å²) in [6.07, 6.45) is 3.79. The molecule has 0 rings (SSSR count). The van der Waals surface area contributed by atoms with E-state index in [1.807, 2.05) is 0 Å². The highest BCUT2D eigenvalue weighted by molar-refractivity contribution is 6.17. The van der Waals surface area contributed by atoms with Crippen molar-refractivity contribution in [1.82, 2.24) is 0 Å². The summed E-state index contributed by atoms with van der Waals surface area (Å²) in [6, 6.07) is 0. The molecule has 0 aromatic rings. The number of allylic oxidation sites excluding steroid dienone is 1. The molecule has 0 aromatic heterocycles. The van der Waals surface area contributed by atoms with Crippen molar-refractivity contribution >= 4 is 17.6 Å². The maximum Gasteiger partial charge on any atom is 0.307 e. The van der Waals surface area contributed by atoms with Gasteiger partial charge in [-0.05, 0) is 12.5 Å². The summed E-state index contributed by atoms with van der Waals surface area (Å²) in [6.45, 7) is 1.35. The molecule has 0 radical (unpaired) electrons. The van der Waals surface area contributed by atoms with E-state index < -0.39 is 0 Å². The third-order valence-electron chi connectivity index (χ3n) is 0.606. The number of halogens is 1. The molecule has 9 heavy (non-hydrogen) atoms. The van der Waals surface area contributed by atoms with Gasteiger partial charge < -0.3 is 4.74 Å². The maximum absolute atomic E-state index is 10.1. The average Bonchev–Trinajstić information content (AvgIpc) is 1.80. The van der Waals surface area contributed by atoms with Crippen molar-refractivity contribution in [2.75, 3.05) is 5.88 Å². The van der Waals surface area contributed by atoms with Gasteiger partial charge in [0.1, 0.15) is 0 Å². The minimum Gasteiger partial charge on any atom is -0.435 e. The maximum atomic E-state index is 10.1. The zero-order valence-electron chi connectivity index (χ0n) is 5.26. The Morgan fingerprint density at radius 2 is 2.44 bits per heavy atom. The van der Waals surface area contributed by atoms with Gasteiger partial charge in [-0.25, -0.2) is 0 Å². The van der Waals surface area contributed by atoms with Crippen molar-refractivity contribution in [2.45, 2.75) is 13.3 Å². The number of hydrogen-bond acceptors (Lipinski definition) is 2. The van der Waals surface area contributed by atoms with Crippen molar-refractivity contribution in [3.8, 4) is 0 Å². The molecule has 0 saturated heterocycles. The summed E-state index contributed by atoms with van der Waals surface area (Å²) in [5.41, 5.74) is 0. The lowest BCUT2D eigenvalue weighted by Crippen LogP contribution is -1.89. The van der Waals surface area contributed by atoms with E-state index in [0.29, 0.717) is 5.88 Å². The second kappa shape index (κ2) is 5.63. The Labute approximate surface area is 59.5 Å². The fourth-order valence-electron chi connectivity index (χ4n) is 0.275. The molecule has 0 amide bonds. The quantitative estimate of drug-likeness (QED) is 0.346. The summed E-state index contributed by atoms with van der Waals surface area (Å²) in [5.74, 6) is 0.249. The molecule has 0 aromatic carbocycles. The molecule has 0 heterocycles. The van der Waals surface area contributed by atoms with Crippen LogP contribution in [0.2, 0.25) is 0 Å². The summed E-state index contributed by atoms with van der Waals surface area (Å²) >= 11 is 5.33. The second-order valence-corrected chi connectivity index (χ2v) is 1.84. The van der Waals surface area contributed by atoms with E-state index in [1.165, 1.54) is 13.2 Å². The predicted molar refractivity (Wildman–Crippen MR) is 36.2 cm³/mol. The summed E-state index contributed by atoms with van der Waals surface area (Å²) in [5, 5.41) is 0. The van der Waals surface area contributed by atoms with Gasteiger partial charge >= 0.3 is 5.97 Å². The zero-order valence-corrected chi connectivity index (χ0v) is 6.02. The van der Waals surface area contributed by atoms with Gasteiger partial charge in [-0.1, -0.05) is 0 Å². The molecular weight excluding hydrogens is 140 g/mol. The SMILES string of the molecule is CC(=O)O/C=C\CCCl. The average molecular weight is 149 g/mol. The van der Waals surface area contributed by atoms with Crippen LogP contribution in [0, 0.1) is 0 Å². The molecule has 0 fully saturated rings. The Kier molecular flexibility index (Phi) is 5.32. The molecule has 0 N–H and O–H groups in total. The summed E-state index contributed by atoms with van der Waals surface area (Å²) in [4.78, 5) is 10.1. The first-order valence-corrected chi connectivity index (χ1v) is 3.19. The van der Waals surface area contributed by atoms with Crippen LogP contribution in [0.25, 0.3) is 0 Å². The Morgan fingerprint density at radius 3 is 2.89 bits per heavy atom. The van der Waals surface area contributed by atoms with Crippen molar-refractivity contribution in [1.29, 1.82) is 0 Å². The molecule has 0 atom stereocenters. The Hall–Kier alpha value is -0.500. The lowest BCUT2D eigenvalue weighted by atomic mass is 10.5. The topological polar surface area (TPSA) is 26.3 Å². The minimum atomic E-state index is -0.305.